The lowest BCUT2D eigenvalue weighted by Gasteiger charge is -2.14. The molecule has 30 heavy (non-hydrogen) atoms. The van der Waals surface area contributed by atoms with Gasteiger partial charge in [0, 0.05) is 45.7 Å². The normalized spacial score (nSPS) is 11.7. The van der Waals surface area contributed by atoms with Crippen LogP contribution in [0, 0.1) is 0 Å². The molecule has 0 spiro atoms. The van der Waals surface area contributed by atoms with E-state index in [4.69, 9.17) is 14.2 Å². The average molecular weight is 418 g/mol. The smallest absolute Gasteiger partial charge is 0.195 e. The van der Waals surface area contributed by atoms with E-state index in [1.165, 1.54) is 5.56 Å². The predicted octanol–water partition coefficient (Wildman–Crippen LogP) is 2.86. The molecule has 0 aliphatic heterocycles. The quantitative estimate of drug-likeness (QED) is 0.296. The second kappa shape index (κ2) is 13.6. The van der Waals surface area contributed by atoms with Gasteiger partial charge in [-0.2, -0.15) is 5.10 Å². The molecule has 0 unspecified atom stereocenters. The van der Waals surface area contributed by atoms with Crippen molar-refractivity contribution in [3.63, 3.8) is 0 Å². The van der Waals surface area contributed by atoms with Crippen LogP contribution in [0.1, 0.15) is 25.8 Å². The molecule has 0 fully saturated rings. The maximum atomic E-state index is 5.71. The first-order valence-electron chi connectivity index (χ1n) is 10.4. The van der Waals surface area contributed by atoms with Gasteiger partial charge in [-0.15, -0.1) is 0 Å². The van der Waals surface area contributed by atoms with Crippen LogP contribution in [0.25, 0.3) is 0 Å². The lowest BCUT2D eigenvalue weighted by Crippen LogP contribution is -2.32. The summed E-state index contributed by atoms with van der Waals surface area (Å²) in [6.07, 6.45) is 5.78. The van der Waals surface area contributed by atoms with Crippen molar-refractivity contribution in [2.45, 2.75) is 32.8 Å². The number of anilines is 1. The Balaban J connectivity index is 1.87. The third-order valence-electron chi connectivity index (χ3n) is 4.10. The highest BCUT2D eigenvalue weighted by Gasteiger charge is 2.03. The first-order valence-corrected chi connectivity index (χ1v) is 10.4. The van der Waals surface area contributed by atoms with E-state index in [1.807, 2.05) is 62.2 Å². The molecule has 2 N–H and O–H groups in total. The van der Waals surface area contributed by atoms with Crippen molar-refractivity contribution in [3.8, 4) is 5.75 Å². The zero-order valence-corrected chi connectivity index (χ0v) is 18.6. The summed E-state index contributed by atoms with van der Waals surface area (Å²) in [6, 6.07) is 7.90. The number of aryl methyl sites for hydroxylation is 1. The highest BCUT2D eigenvalue weighted by molar-refractivity contribution is 5.93. The van der Waals surface area contributed by atoms with Crippen LogP contribution in [0.2, 0.25) is 0 Å². The molecular formula is C22H35N5O3. The summed E-state index contributed by atoms with van der Waals surface area (Å²) in [5, 5.41) is 11.0. The number of hydrogen-bond donors (Lipinski definition) is 2. The fourth-order valence-corrected chi connectivity index (χ4v) is 2.69. The second-order valence-corrected chi connectivity index (χ2v) is 7.20. The molecule has 0 bridgehead atoms. The van der Waals surface area contributed by atoms with Crippen LogP contribution in [0.4, 0.5) is 5.69 Å². The number of nitrogens with zero attached hydrogens (tertiary/aromatic N) is 3. The molecule has 2 rings (SSSR count). The Morgan fingerprint density at radius 1 is 1.17 bits per heavy atom. The van der Waals surface area contributed by atoms with Crippen LogP contribution in [-0.2, 0) is 22.9 Å². The monoisotopic (exact) mass is 417 g/mol. The minimum Gasteiger partial charge on any atom is -0.491 e. The molecule has 0 aliphatic rings. The van der Waals surface area contributed by atoms with E-state index in [2.05, 4.69) is 20.7 Å². The van der Waals surface area contributed by atoms with Gasteiger partial charge >= 0.3 is 0 Å². The molecule has 1 heterocycles. The Kier molecular flexibility index (Phi) is 10.7. The van der Waals surface area contributed by atoms with Gasteiger partial charge in [0.15, 0.2) is 5.96 Å². The minimum absolute atomic E-state index is 0.154. The SMILES string of the molecule is COCCOCCCN=C(NCCc1cnn(C)c1)Nc1ccc(OC(C)C)cc1. The van der Waals surface area contributed by atoms with Gasteiger partial charge in [0.25, 0.3) is 0 Å². The van der Waals surface area contributed by atoms with Crippen LogP contribution >= 0.6 is 0 Å². The molecule has 1 aromatic carbocycles. The summed E-state index contributed by atoms with van der Waals surface area (Å²) in [4.78, 5) is 4.68. The van der Waals surface area contributed by atoms with E-state index in [9.17, 15) is 0 Å². The number of nitrogens with one attached hydrogen (secondary N) is 2. The predicted molar refractivity (Wildman–Crippen MR) is 120 cm³/mol. The van der Waals surface area contributed by atoms with E-state index in [-0.39, 0.29) is 6.10 Å². The van der Waals surface area contributed by atoms with Gasteiger partial charge in [0.2, 0.25) is 0 Å². The molecule has 2 aromatic rings. The van der Waals surface area contributed by atoms with Crippen molar-refractivity contribution in [1.82, 2.24) is 15.1 Å². The van der Waals surface area contributed by atoms with Gasteiger partial charge in [-0.1, -0.05) is 0 Å². The van der Waals surface area contributed by atoms with Gasteiger partial charge in [0.1, 0.15) is 5.75 Å². The average Bonchev–Trinajstić information content (AvgIpc) is 3.13. The molecule has 0 aliphatic carbocycles. The topological polar surface area (TPSA) is 81.9 Å². The number of rotatable bonds is 13. The van der Waals surface area contributed by atoms with Gasteiger partial charge in [-0.25, -0.2) is 0 Å². The van der Waals surface area contributed by atoms with Gasteiger partial charge in [-0.3, -0.25) is 9.67 Å². The zero-order chi connectivity index (χ0) is 21.6. The summed E-state index contributed by atoms with van der Waals surface area (Å²) in [5.41, 5.74) is 2.14. The molecule has 0 saturated heterocycles. The number of guanidine groups is 1. The molecule has 0 atom stereocenters. The molecule has 166 valence electrons. The third-order valence-corrected chi connectivity index (χ3v) is 4.10. The highest BCUT2D eigenvalue weighted by Crippen LogP contribution is 2.16. The van der Waals surface area contributed by atoms with Crippen LogP contribution in [0.3, 0.4) is 0 Å². The first-order chi connectivity index (χ1) is 14.6. The highest BCUT2D eigenvalue weighted by atomic mass is 16.5. The fourth-order valence-electron chi connectivity index (χ4n) is 2.69. The van der Waals surface area contributed by atoms with Crippen molar-refractivity contribution in [1.29, 1.82) is 0 Å². The standard InChI is InChI=1S/C22H35N5O3/c1-18(2)30-21-8-6-20(7-9-21)26-22(23-11-5-13-29-15-14-28-4)24-12-10-19-16-25-27(3)17-19/h6-9,16-18H,5,10-15H2,1-4H3,(H2,23,24,26). The Bertz CT molecular complexity index is 743. The summed E-state index contributed by atoms with van der Waals surface area (Å²) in [5.74, 6) is 1.60. The van der Waals surface area contributed by atoms with E-state index >= 15 is 0 Å². The number of ether oxygens (including phenoxy) is 3. The van der Waals surface area contributed by atoms with Crippen LogP contribution in [-0.4, -0.2) is 61.9 Å². The summed E-state index contributed by atoms with van der Waals surface area (Å²) < 4.78 is 18.0. The maximum absolute atomic E-state index is 5.71. The summed E-state index contributed by atoms with van der Waals surface area (Å²) in [6.45, 7) is 7.35. The number of methoxy groups -OCH3 is 1. The van der Waals surface area contributed by atoms with Crippen molar-refractivity contribution < 1.29 is 14.2 Å². The number of benzene rings is 1. The van der Waals surface area contributed by atoms with E-state index in [1.54, 1.807) is 7.11 Å². The minimum atomic E-state index is 0.154. The zero-order valence-electron chi connectivity index (χ0n) is 18.6. The molecule has 8 nitrogen and oxygen atoms in total. The molecule has 1 aromatic heterocycles. The Hall–Kier alpha value is -2.58. The summed E-state index contributed by atoms with van der Waals surface area (Å²) in [7, 11) is 3.59. The number of aliphatic imine (C=N–C) groups is 1. The fraction of sp³-hybridized carbons (Fsp3) is 0.545. The Morgan fingerprint density at radius 3 is 2.63 bits per heavy atom. The second-order valence-electron chi connectivity index (χ2n) is 7.20. The number of aromatic nitrogens is 2. The third kappa shape index (κ3) is 9.76. The molecule has 8 heteroatoms. The van der Waals surface area contributed by atoms with Crippen LogP contribution in [0.5, 0.6) is 5.75 Å². The van der Waals surface area contributed by atoms with Crippen molar-refractivity contribution >= 4 is 11.6 Å². The van der Waals surface area contributed by atoms with Gasteiger partial charge in [-0.05, 0) is 56.5 Å². The first kappa shape index (κ1) is 23.7. The van der Waals surface area contributed by atoms with E-state index < -0.39 is 0 Å². The number of hydrogen-bond acceptors (Lipinski definition) is 5. The van der Waals surface area contributed by atoms with Gasteiger partial charge < -0.3 is 24.8 Å². The lowest BCUT2D eigenvalue weighted by atomic mass is 10.2. The Labute approximate surface area is 179 Å². The van der Waals surface area contributed by atoms with Crippen LogP contribution in [0.15, 0.2) is 41.7 Å². The Morgan fingerprint density at radius 2 is 1.97 bits per heavy atom. The molecular weight excluding hydrogens is 382 g/mol. The van der Waals surface area contributed by atoms with Gasteiger partial charge in [0.05, 0.1) is 25.5 Å². The lowest BCUT2D eigenvalue weighted by molar-refractivity contribution is 0.0702. The van der Waals surface area contributed by atoms with E-state index in [0.717, 1.165) is 36.8 Å². The summed E-state index contributed by atoms with van der Waals surface area (Å²) >= 11 is 0. The largest absolute Gasteiger partial charge is 0.491 e. The maximum Gasteiger partial charge on any atom is 0.195 e. The molecule has 0 amide bonds. The molecule has 0 radical (unpaired) electrons. The van der Waals surface area contributed by atoms with Crippen molar-refractivity contribution in [2.75, 3.05) is 45.3 Å². The molecule has 0 saturated carbocycles. The van der Waals surface area contributed by atoms with Crippen LogP contribution < -0.4 is 15.4 Å². The van der Waals surface area contributed by atoms with Crippen molar-refractivity contribution in [3.05, 3.63) is 42.2 Å². The van der Waals surface area contributed by atoms with Crippen molar-refractivity contribution in [2.24, 2.45) is 12.0 Å². The van der Waals surface area contributed by atoms with E-state index in [0.29, 0.717) is 26.4 Å².